The zero-order chi connectivity index (χ0) is 17.4. The normalized spacial score (nSPS) is 13.4. The van der Waals surface area contributed by atoms with Crippen LogP contribution in [0.15, 0.2) is 50.6 Å². The number of anilines is 1. The SMILES string of the molecule is O=C(Nc1ccc2c3c(c(=O)[nH]c2c1)CCCC3)c1ccc(=O)oc1. The Morgan fingerprint density at radius 2 is 1.84 bits per heavy atom. The number of aromatic nitrogens is 1. The Balaban J connectivity index is 1.69. The molecule has 6 heteroatoms. The van der Waals surface area contributed by atoms with Gasteiger partial charge in [-0.3, -0.25) is 9.59 Å². The number of nitrogens with one attached hydrogen (secondary N) is 2. The molecule has 1 amide bonds. The van der Waals surface area contributed by atoms with Gasteiger partial charge < -0.3 is 14.7 Å². The van der Waals surface area contributed by atoms with Crippen molar-refractivity contribution in [1.82, 2.24) is 4.98 Å². The third kappa shape index (κ3) is 2.87. The van der Waals surface area contributed by atoms with Crippen LogP contribution in [0, 0.1) is 0 Å². The van der Waals surface area contributed by atoms with Gasteiger partial charge in [-0.25, -0.2) is 4.79 Å². The second-order valence-electron chi connectivity index (χ2n) is 6.18. The summed E-state index contributed by atoms with van der Waals surface area (Å²) in [6.07, 6.45) is 4.98. The molecule has 0 saturated heterocycles. The average Bonchev–Trinajstić information content (AvgIpc) is 2.62. The smallest absolute Gasteiger partial charge is 0.335 e. The van der Waals surface area contributed by atoms with E-state index < -0.39 is 5.63 Å². The van der Waals surface area contributed by atoms with Gasteiger partial charge >= 0.3 is 5.63 Å². The van der Waals surface area contributed by atoms with Gasteiger partial charge in [0.15, 0.2) is 0 Å². The topological polar surface area (TPSA) is 92.2 Å². The van der Waals surface area contributed by atoms with Crippen molar-refractivity contribution in [3.05, 3.63) is 74.1 Å². The van der Waals surface area contributed by atoms with Gasteiger partial charge in [-0.05, 0) is 49.4 Å². The van der Waals surface area contributed by atoms with Crippen LogP contribution in [0.1, 0.15) is 34.3 Å². The highest BCUT2D eigenvalue weighted by atomic mass is 16.4. The molecule has 2 aromatic heterocycles. The number of aromatic amines is 1. The molecule has 126 valence electrons. The quantitative estimate of drug-likeness (QED) is 0.752. The summed E-state index contributed by atoms with van der Waals surface area (Å²) in [5.41, 5.74) is 2.97. The maximum atomic E-state index is 12.3. The standard InChI is InChI=1S/C19H16N2O4/c22-17-8-5-11(10-25-17)18(23)20-12-6-7-14-13-3-1-2-4-15(13)19(24)21-16(14)9-12/h5-10H,1-4H2,(H,20,23)(H,21,24). The van der Waals surface area contributed by atoms with Gasteiger partial charge in [0.2, 0.25) is 0 Å². The molecule has 0 fully saturated rings. The van der Waals surface area contributed by atoms with Crippen LogP contribution in [0.5, 0.6) is 0 Å². The molecule has 0 saturated carbocycles. The summed E-state index contributed by atoms with van der Waals surface area (Å²) in [6.45, 7) is 0. The molecule has 1 aliphatic rings. The fourth-order valence-corrected chi connectivity index (χ4v) is 3.33. The fourth-order valence-electron chi connectivity index (χ4n) is 3.33. The van der Waals surface area contributed by atoms with Crippen molar-refractivity contribution in [3.8, 4) is 0 Å². The molecular formula is C19H16N2O4. The van der Waals surface area contributed by atoms with Crippen molar-refractivity contribution in [2.75, 3.05) is 5.32 Å². The number of fused-ring (bicyclic) bond motifs is 3. The van der Waals surface area contributed by atoms with Crippen LogP contribution < -0.4 is 16.5 Å². The zero-order valence-electron chi connectivity index (χ0n) is 13.4. The molecule has 1 aliphatic carbocycles. The van der Waals surface area contributed by atoms with E-state index in [-0.39, 0.29) is 17.0 Å². The van der Waals surface area contributed by atoms with Crippen LogP contribution in [-0.4, -0.2) is 10.9 Å². The van der Waals surface area contributed by atoms with E-state index in [4.69, 9.17) is 4.42 Å². The number of carbonyl (C=O) groups is 1. The van der Waals surface area contributed by atoms with Crippen LogP contribution in [0.25, 0.3) is 10.9 Å². The van der Waals surface area contributed by atoms with Gasteiger partial charge in [-0.15, -0.1) is 0 Å². The first-order valence-electron chi connectivity index (χ1n) is 8.20. The number of pyridine rings is 1. The van der Waals surface area contributed by atoms with E-state index in [9.17, 15) is 14.4 Å². The molecule has 0 spiro atoms. The molecule has 0 bridgehead atoms. The van der Waals surface area contributed by atoms with Crippen LogP contribution in [0.3, 0.4) is 0 Å². The van der Waals surface area contributed by atoms with E-state index in [1.807, 2.05) is 12.1 Å². The molecule has 4 rings (SSSR count). The zero-order valence-corrected chi connectivity index (χ0v) is 13.4. The van der Waals surface area contributed by atoms with Crippen LogP contribution in [0.2, 0.25) is 0 Å². The van der Waals surface area contributed by atoms with Crippen molar-refractivity contribution >= 4 is 22.5 Å². The minimum absolute atomic E-state index is 0.0458. The van der Waals surface area contributed by atoms with Gasteiger partial charge in [-0.2, -0.15) is 0 Å². The van der Waals surface area contributed by atoms with E-state index in [0.29, 0.717) is 11.2 Å². The highest BCUT2D eigenvalue weighted by Gasteiger charge is 2.16. The number of carbonyl (C=O) groups excluding carboxylic acids is 1. The summed E-state index contributed by atoms with van der Waals surface area (Å²) < 4.78 is 4.70. The number of amides is 1. The molecule has 0 atom stereocenters. The maximum absolute atomic E-state index is 12.3. The molecule has 1 aromatic carbocycles. The maximum Gasteiger partial charge on any atom is 0.335 e. The summed E-state index contributed by atoms with van der Waals surface area (Å²) in [7, 11) is 0. The molecule has 3 aromatic rings. The summed E-state index contributed by atoms with van der Waals surface area (Å²) in [5.74, 6) is -0.386. The van der Waals surface area contributed by atoms with Crippen molar-refractivity contribution in [2.24, 2.45) is 0 Å². The molecule has 0 unspecified atom stereocenters. The van der Waals surface area contributed by atoms with Crippen molar-refractivity contribution in [1.29, 1.82) is 0 Å². The number of rotatable bonds is 2. The van der Waals surface area contributed by atoms with Crippen LogP contribution in [-0.2, 0) is 12.8 Å². The van der Waals surface area contributed by atoms with E-state index in [1.165, 1.54) is 12.1 Å². The van der Waals surface area contributed by atoms with Crippen LogP contribution in [0.4, 0.5) is 5.69 Å². The highest BCUT2D eigenvalue weighted by molar-refractivity contribution is 6.04. The van der Waals surface area contributed by atoms with Gasteiger partial charge in [-0.1, -0.05) is 6.07 Å². The lowest BCUT2D eigenvalue weighted by molar-refractivity contribution is 0.102. The first kappa shape index (κ1) is 15.4. The van der Waals surface area contributed by atoms with Gasteiger partial charge in [0.05, 0.1) is 11.1 Å². The lowest BCUT2D eigenvalue weighted by atomic mass is 9.90. The minimum Gasteiger partial charge on any atom is -0.430 e. The van der Waals surface area contributed by atoms with Gasteiger partial charge in [0, 0.05) is 22.7 Å². The lowest BCUT2D eigenvalue weighted by Gasteiger charge is -2.17. The van der Waals surface area contributed by atoms with E-state index in [2.05, 4.69) is 10.3 Å². The first-order valence-corrected chi connectivity index (χ1v) is 8.20. The lowest BCUT2D eigenvalue weighted by Crippen LogP contribution is -2.19. The Kier molecular flexibility index (Phi) is 3.72. The molecular weight excluding hydrogens is 320 g/mol. The van der Waals surface area contributed by atoms with Crippen molar-refractivity contribution in [3.63, 3.8) is 0 Å². The summed E-state index contributed by atoms with van der Waals surface area (Å²) in [4.78, 5) is 38.4. The second-order valence-corrected chi connectivity index (χ2v) is 6.18. The molecule has 2 heterocycles. The number of hydrogen-bond donors (Lipinski definition) is 2. The molecule has 0 aliphatic heterocycles. The Labute approximate surface area is 142 Å². The van der Waals surface area contributed by atoms with Gasteiger partial charge in [0.25, 0.3) is 11.5 Å². The van der Waals surface area contributed by atoms with Crippen molar-refractivity contribution < 1.29 is 9.21 Å². The Morgan fingerprint density at radius 1 is 1.04 bits per heavy atom. The third-order valence-electron chi connectivity index (χ3n) is 4.56. The van der Waals surface area contributed by atoms with Crippen molar-refractivity contribution in [2.45, 2.75) is 25.7 Å². The Hall–Kier alpha value is -3.15. The number of hydrogen-bond acceptors (Lipinski definition) is 4. The summed E-state index contributed by atoms with van der Waals surface area (Å²) in [5, 5.41) is 3.77. The number of aryl methyl sites for hydroxylation is 1. The number of H-pyrrole nitrogens is 1. The Bertz CT molecular complexity index is 1070. The first-order chi connectivity index (χ1) is 12.1. The Morgan fingerprint density at radius 3 is 2.60 bits per heavy atom. The van der Waals surface area contributed by atoms with E-state index in [0.717, 1.165) is 48.5 Å². The number of benzene rings is 1. The van der Waals surface area contributed by atoms with Crippen LogP contribution >= 0.6 is 0 Å². The average molecular weight is 336 g/mol. The van der Waals surface area contributed by atoms with Gasteiger partial charge in [0.1, 0.15) is 6.26 Å². The second kappa shape index (κ2) is 6.05. The molecule has 2 N–H and O–H groups in total. The predicted molar refractivity (Wildman–Crippen MR) is 94.1 cm³/mol. The molecule has 25 heavy (non-hydrogen) atoms. The minimum atomic E-state index is -0.510. The summed E-state index contributed by atoms with van der Waals surface area (Å²) >= 11 is 0. The predicted octanol–water partition coefficient (Wildman–Crippen LogP) is 2.61. The molecule has 6 nitrogen and oxygen atoms in total. The van der Waals surface area contributed by atoms with E-state index >= 15 is 0 Å². The molecule has 0 radical (unpaired) electrons. The highest BCUT2D eigenvalue weighted by Crippen LogP contribution is 2.27. The van der Waals surface area contributed by atoms with E-state index in [1.54, 1.807) is 6.07 Å². The summed E-state index contributed by atoms with van der Waals surface area (Å²) in [6, 6.07) is 8.09. The third-order valence-corrected chi connectivity index (χ3v) is 4.56. The fraction of sp³-hybridized carbons (Fsp3) is 0.211. The monoisotopic (exact) mass is 336 g/mol. The largest absolute Gasteiger partial charge is 0.430 e.